The lowest BCUT2D eigenvalue weighted by molar-refractivity contribution is -0.142. The second-order valence-corrected chi connectivity index (χ2v) is 5.23. The first-order valence-corrected chi connectivity index (χ1v) is 6.67. The van der Waals surface area contributed by atoms with Crippen LogP contribution >= 0.6 is 15.9 Å². The minimum absolute atomic E-state index is 0.805. The third-order valence-corrected chi connectivity index (χ3v) is 3.21. The smallest absolute Gasteiger partial charge is 0.313 e. The molecule has 0 saturated carbocycles. The summed E-state index contributed by atoms with van der Waals surface area (Å²) in [5.74, 6) is -0.805. The molecule has 0 aliphatic heterocycles. The Morgan fingerprint density at radius 3 is 2.41 bits per heavy atom. The quantitative estimate of drug-likeness (QED) is 0.838. The molecule has 0 fully saturated rings. The summed E-state index contributed by atoms with van der Waals surface area (Å²) in [5.41, 5.74) is 1.08. The van der Waals surface area contributed by atoms with Crippen LogP contribution in [0.1, 0.15) is 31.4 Å². The van der Waals surface area contributed by atoms with E-state index >= 15 is 0 Å². The van der Waals surface area contributed by atoms with Gasteiger partial charge in [-0.05, 0) is 31.4 Å². The van der Waals surface area contributed by atoms with E-state index in [9.17, 15) is 4.79 Å². The van der Waals surface area contributed by atoms with Gasteiger partial charge in [0.2, 0.25) is 0 Å². The minimum Gasteiger partial charge on any atom is -0.481 e. The zero-order valence-corrected chi connectivity index (χ0v) is 11.7. The van der Waals surface area contributed by atoms with Crippen molar-refractivity contribution in [1.29, 1.82) is 0 Å². The van der Waals surface area contributed by atoms with Crippen LogP contribution in [0.25, 0.3) is 6.08 Å². The Morgan fingerprint density at radius 1 is 1.35 bits per heavy atom. The fourth-order valence-corrected chi connectivity index (χ4v) is 1.68. The highest BCUT2D eigenvalue weighted by Gasteiger charge is 2.28. The average Bonchev–Trinajstić information content (AvgIpc) is 2.30. The van der Waals surface area contributed by atoms with E-state index in [1.807, 2.05) is 30.3 Å². The van der Waals surface area contributed by atoms with Crippen LogP contribution in [0.5, 0.6) is 0 Å². The van der Waals surface area contributed by atoms with Gasteiger partial charge in [-0.25, -0.2) is 0 Å². The maximum absolute atomic E-state index is 11.1. The number of aliphatic carboxylic acids is 1. The van der Waals surface area contributed by atoms with Gasteiger partial charge >= 0.3 is 5.97 Å². The lowest BCUT2D eigenvalue weighted by Gasteiger charge is -2.19. The summed E-state index contributed by atoms with van der Waals surface area (Å²) in [7, 11) is 0. The molecule has 1 aromatic rings. The second-order valence-electron chi connectivity index (χ2n) is 4.43. The molecule has 1 rings (SSSR count). The highest BCUT2D eigenvalue weighted by atomic mass is 79.9. The highest BCUT2D eigenvalue weighted by molar-refractivity contribution is 9.09. The fourth-order valence-electron chi connectivity index (χ4n) is 1.42. The molecule has 0 amide bonds. The van der Waals surface area contributed by atoms with Gasteiger partial charge in [-0.3, -0.25) is 4.79 Å². The number of carbonyl (C=O) groups is 1. The Hall–Kier alpha value is -1.09. The zero-order valence-electron chi connectivity index (χ0n) is 10.1. The fraction of sp³-hybridized carbons (Fsp3) is 0.357. The molecule has 0 aliphatic rings. The van der Waals surface area contributed by atoms with Gasteiger partial charge in [-0.1, -0.05) is 52.3 Å². The topological polar surface area (TPSA) is 37.3 Å². The van der Waals surface area contributed by atoms with E-state index < -0.39 is 11.4 Å². The van der Waals surface area contributed by atoms with Crippen LogP contribution < -0.4 is 0 Å². The van der Waals surface area contributed by atoms with Gasteiger partial charge in [0.05, 0.1) is 5.41 Å². The summed E-state index contributed by atoms with van der Waals surface area (Å²) in [5, 5.41) is 10.1. The van der Waals surface area contributed by atoms with E-state index in [0.29, 0.717) is 0 Å². The Bertz CT molecular complexity index is 405. The number of allylic oxidation sites excluding steroid dienone is 1. The molecule has 2 nitrogen and oxygen atoms in total. The lowest BCUT2D eigenvalue weighted by atomic mass is 9.84. The van der Waals surface area contributed by atoms with Gasteiger partial charge in [0.1, 0.15) is 0 Å². The molecule has 0 unspecified atom stereocenters. The zero-order chi connectivity index (χ0) is 12.9. The molecule has 1 aromatic carbocycles. The summed E-state index contributed by atoms with van der Waals surface area (Å²) >= 11 is 3.36. The van der Waals surface area contributed by atoms with Crippen molar-refractivity contribution in [3.63, 3.8) is 0 Å². The molecule has 3 heteroatoms. The van der Waals surface area contributed by atoms with Crippen molar-refractivity contribution in [2.45, 2.75) is 25.7 Å². The predicted molar refractivity (Wildman–Crippen MR) is 74.5 cm³/mol. The van der Waals surface area contributed by atoms with Crippen LogP contribution in [0, 0.1) is 0 Å². The van der Waals surface area contributed by atoms with E-state index in [2.05, 4.69) is 22.0 Å². The minimum atomic E-state index is -0.835. The SMILES string of the molecule is CC(C)(C(=O)O)c1ccc(C=CCCBr)cc1. The standard InChI is InChI=1S/C14H17BrO2/c1-14(2,13(16)17)12-8-6-11(7-9-12)5-3-4-10-15/h3,5-9H,4,10H2,1-2H3,(H,16,17). The number of rotatable bonds is 5. The van der Waals surface area contributed by atoms with E-state index in [0.717, 1.165) is 22.9 Å². The molecule has 0 heterocycles. The number of alkyl halides is 1. The van der Waals surface area contributed by atoms with Gasteiger partial charge in [0, 0.05) is 5.33 Å². The van der Waals surface area contributed by atoms with Crippen LogP contribution in [0.15, 0.2) is 30.3 Å². The summed E-state index contributed by atoms with van der Waals surface area (Å²) in [6.45, 7) is 3.43. The number of carboxylic acid groups (broad SMARTS) is 1. The van der Waals surface area contributed by atoms with Gasteiger partial charge in [0.15, 0.2) is 0 Å². The highest BCUT2D eigenvalue weighted by Crippen LogP contribution is 2.23. The largest absolute Gasteiger partial charge is 0.481 e. The number of carboxylic acids is 1. The number of hydrogen-bond acceptors (Lipinski definition) is 1. The van der Waals surface area contributed by atoms with Crippen LogP contribution in [0.2, 0.25) is 0 Å². The van der Waals surface area contributed by atoms with Crippen molar-refractivity contribution < 1.29 is 9.90 Å². The Kier molecular flexibility index (Phi) is 4.94. The molecule has 0 aromatic heterocycles. The van der Waals surface area contributed by atoms with Crippen LogP contribution in [-0.4, -0.2) is 16.4 Å². The monoisotopic (exact) mass is 296 g/mol. The van der Waals surface area contributed by atoms with Gasteiger partial charge in [-0.15, -0.1) is 0 Å². The van der Waals surface area contributed by atoms with Crippen molar-refractivity contribution in [3.8, 4) is 0 Å². The molecule has 0 bridgehead atoms. The first-order chi connectivity index (χ1) is 7.98. The molecule has 0 atom stereocenters. The maximum Gasteiger partial charge on any atom is 0.313 e. The first-order valence-electron chi connectivity index (χ1n) is 5.55. The molecule has 1 N–H and O–H groups in total. The molecule has 17 heavy (non-hydrogen) atoms. The molecule has 0 aliphatic carbocycles. The van der Waals surface area contributed by atoms with Crippen molar-refractivity contribution in [3.05, 3.63) is 41.5 Å². The molecule has 92 valence electrons. The number of benzene rings is 1. The summed E-state index contributed by atoms with van der Waals surface area (Å²) in [6.07, 6.45) is 5.12. The first kappa shape index (κ1) is 14.0. The normalized spacial score (nSPS) is 11.9. The molecular formula is C14H17BrO2. The third-order valence-electron chi connectivity index (χ3n) is 2.75. The van der Waals surface area contributed by atoms with Gasteiger partial charge < -0.3 is 5.11 Å². The van der Waals surface area contributed by atoms with Crippen molar-refractivity contribution in [2.24, 2.45) is 0 Å². The van der Waals surface area contributed by atoms with E-state index in [-0.39, 0.29) is 0 Å². The van der Waals surface area contributed by atoms with Crippen LogP contribution in [0.3, 0.4) is 0 Å². The van der Waals surface area contributed by atoms with E-state index in [1.54, 1.807) is 13.8 Å². The number of hydrogen-bond donors (Lipinski definition) is 1. The molecule has 0 saturated heterocycles. The maximum atomic E-state index is 11.1. The summed E-state index contributed by atoms with van der Waals surface area (Å²) in [6, 6.07) is 7.65. The van der Waals surface area contributed by atoms with Crippen molar-refractivity contribution in [1.82, 2.24) is 0 Å². The van der Waals surface area contributed by atoms with Gasteiger partial charge in [-0.2, -0.15) is 0 Å². The van der Waals surface area contributed by atoms with Crippen molar-refractivity contribution >= 4 is 28.0 Å². The van der Waals surface area contributed by atoms with E-state index in [1.165, 1.54) is 0 Å². The molecule has 0 spiro atoms. The Labute approximate surface area is 110 Å². The lowest BCUT2D eigenvalue weighted by Crippen LogP contribution is -2.28. The Balaban J connectivity index is 2.85. The van der Waals surface area contributed by atoms with Crippen molar-refractivity contribution in [2.75, 3.05) is 5.33 Å². The third kappa shape index (κ3) is 3.70. The molecular weight excluding hydrogens is 280 g/mol. The van der Waals surface area contributed by atoms with Crippen LogP contribution in [0.4, 0.5) is 0 Å². The number of halogens is 1. The van der Waals surface area contributed by atoms with Crippen LogP contribution in [-0.2, 0) is 10.2 Å². The predicted octanol–water partition coefficient (Wildman–Crippen LogP) is 3.85. The average molecular weight is 297 g/mol. The Morgan fingerprint density at radius 2 is 1.94 bits per heavy atom. The second kappa shape index (κ2) is 6.01. The van der Waals surface area contributed by atoms with E-state index in [4.69, 9.17) is 5.11 Å². The summed E-state index contributed by atoms with van der Waals surface area (Å²) in [4.78, 5) is 11.1. The molecule has 0 radical (unpaired) electrons. The van der Waals surface area contributed by atoms with Gasteiger partial charge in [0.25, 0.3) is 0 Å². The summed E-state index contributed by atoms with van der Waals surface area (Å²) < 4.78 is 0.